The fraction of sp³-hybridized carbons (Fsp3) is 0.273. The Morgan fingerprint density at radius 2 is 2.44 bits per heavy atom. The topological polar surface area (TPSA) is 56.0 Å². The van der Waals surface area contributed by atoms with Gasteiger partial charge in [-0.25, -0.2) is 4.98 Å². The molecule has 1 heterocycles. The van der Waals surface area contributed by atoms with Crippen molar-refractivity contribution in [2.75, 3.05) is 0 Å². The van der Waals surface area contributed by atoms with E-state index in [1.54, 1.807) is 6.08 Å². The summed E-state index contributed by atoms with van der Waals surface area (Å²) in [6.07, 6.45) is 3.43. The van der Waals surface area contributed by atoms with E-state index in [4.69, 9.17) is 17.3 Å². The van der Waals surface area contributed by atoms with E-state index in [0.29, 0.717) is 6.42 Å². The number of Topliss-reactive ketones (excluding diaryl/α,β-unsaturated/α-hetero) is 1. The molecule has 1 aromatic heterocycles. The number of hydrogen-bond donors (Lipinski definition) is 1. The highest BCUT2D eigenvalue weighted by molar-refractivity contribution is 6.33. The molecule has 0 radical (unpaired) electrons. The van der Waals surface area contributed by atoms with Gasteiger partial charge < -0.3 is 5.73 Å². The Morgan fingerprint density at radius 3 is 3.06 bits per heavy atom. The molecule has 0 bridgehead atoms. The summed E-state index contributed by atoms with van der Waals surface area (Å²) in [7, 11) is 0. The first kappa shape index (κ1) is 12.8. The van der Waals surface area contributed by atoms with E-state index in [1.165, 1.54) is 12.3 Å². The highest BCUT2D eigenvalue weighted by Crippen LogP contribution is 2.19. The van der Waals surface area contributed by atoms with Gasteiger partial charge in [-0.2, -0.15) is 4.39 Å². The van der Waals surface area contributed by atoms with Crippen LogP contribution in [0.25, 0.3) is 0 Å². The van der Waals surface area contributed by atoms with Gasteiger partial charge in [0.1, 0.15) is 5.02 Å². The number of carbonyl (C=O) groups is 1. The van der Waals surface area contributed by atoms with Crippen LogP contribution >= 0.6 is 11.6 Å². The number of nitrogens with two attached hydrogens (primary N) is 1. The van der Waals surface area contributed by atoms with Gasteiger partial charge in [-0.15, -0.1) is 6.58 Å². The number of hydrogen-bond acceptors (Lipinski definition) is 3. The van der Waals surface area contributed by atoms with Crippen LogP contribution < -0.4 is 5.73 Å². The molecule has 0 saturated carbocycles. The van der Waals surface area contributed by atoms with E-state index in [0.717, 1.165) is 0 Å². The smallest absolute Gasteiger partial charge is 0.232 e. The van der Waals surface area contributed by atoms with Crippen molar-refractivity contribution < 1.29 is 9.18 Å². The Labute approximate surface area is 98.1 Å². The fourth-order valence-electron chi connectivity index (χ4n) is 1.18. The van der Waals surface area contributed by atoms with Gasteiger partial charge >= 0.3 is 0 Å². The number of carbonyl (C=O) groups excluding carboxylic acids is 1. The summed E-state index contributed by atoms with van der Waals surface area (Å²) in [5.74, 6) is -1.08. The zero-order valence-electron chi connectivity index (χ0n) is 8.62. The number of nitrogens with zero attached hydrogens (tertiary/aromatic N) is 1. The maximum Gasteiger partial charge on any atom is 0.232 e. The Balaban J connectivity index is 2.73. The normalized spacial score (nSPS) is 12.2. The highest BCUT2D eigenvalue weighted by atomic mass is 35.5. The molecule has 0 aromatic carbocycles. The molecule has 1 aromatic rings. The van der Waals surface area contributed by atoms with Crippen LogP contribution in [-0.4, -0.2) is 16.8 Å². The van der Waals surface area contributed by atoms with Gasteiger partial charge in [0.05, 0.1) is 0 Å². The van der Waals surface area contributed by atoms with Gasteiger partial charge in [0, 0.05) is 24.2 Å². The summed E-state index contributed by atoms with van der Waals surface area (Å²) < 4.78 is 13.0. The Bertz CT molecular complexity index is 409. The molecular weight excluding hydrogens is 231 g/mol. The van der Waals surface area contributed by atoms with Crippen molar-refractivity contribution >= 4 is 17.4 Å². The summed E-state index contributed by atoms with van der Waals surface area (Å²) in [4.78, 5) is 15.0. The minimum Gasteiger partial charge on any atom is -0.324 e. The molecule has 86 valence electrons. The van der Waals surface area contributed by atoms with Crippen LogP contribution in [0.1, 0.15) is 23.2 Å². The van der Waals surface area contributed by atoms with Gasteiger partial charge in [-0.3, -0.25) is 4.79 Å². The number of rotatable bonds is 5. The van der Waals surface area contributed by atoms with Crippen molar-refractivity contribution in [3.8, 4) is 0 Å². The summed E-state index contributed by atoms with van der Waals surface area (Å²) in [6, 6.07) is 1.15. The lowest BCUT2D eigenvalue weighted by molar-refractivity contribution is 0.0978. The largest absolute Gasteiger partial charge is 0.324 e. The molecule has 2 N–H and O–H groups in total. The molecule has 0 spiro atoms. The number of pyridine rings is 1. The quantitative estimate of drug-likeness (QED) is 0.490. The van der Waals surface area contributed by atoms with Crippen LogP contribution in [0.5, 0.6) is 0 Å². The molecule has 0 aliphatic rings. The van der Waals surface area contributed by atoms with Crippen LogP contribution in [0.2, 0.25) is 5.02 Å². The lowest BCUT2D eigenvalue weighted by Crippen LogP contribution is -2.18. The van der Waals surface area contributed by atoms with Crippen molar-refractivity contribution in [2.24, 2.45) is 5.73 Å². The minimum absolute atomic E-state index is 0.144. The third-order valence-electron chi connectivity index (χ3n) is 2.15. The van der Waals surface area contributed by atoms with Crippen LogP contribution in [-0.2, 0) is 0 Å². The van der Waals surface area contributed by atoms with Crippen molar-refractivity contribution in [1.29, 1.82) is 0 Å². The summed E-state index contributed by atoms with van der Waals surface area (Å²) >= 11 is 5.63. The number of ketones is 1. The first-order valence-corrected chi connectivity index (χ1v) is 5.15. The Hall–Kier alpha value is -1.26. The zero-order valence-corrected chi connectivity index (χ0v) is 9.38. The number of aromatic nitrogens is 1. The van der Waals surface area contributed by atoms with Crippen LogP contribution in [0.4, 0.5) is 4.39 Å². The zero-order chi connectivity index (χ0) is 12.1. The highest BCUT2D eigenvalue weighted by Gasteiger charge is 2.14. The van der Waals surface area contributed by atoms with Gasteiger partial charge in [0.15, 0.2) is 5.78 Å². The van der Waals surface area contributed by atoms with Gasteiger partial charge in [0.2, 0.25) is 5.95 Å². The average molecular weight is 243 g/mol. The van der Waals surface area contributed by atoms with Crippen molar-refractivity contribution in [1.82, 2.24) is 4.98 Å². The van der Waals surface area contributed by atoms with E-state index in [-0.39, 0.29) is 28.8 Å². The second-order valence-corrected chi connectivity index (χ2v) is 3.70. The second kappa shape index (κ2) is 5.72. The molecule has 0 aliphatic carbocycles. The summed E-state index contributed by atoms with van der Waals surface area (Å²) in [6.45, 7) is 3.51. The maximum absolute atomic E-state index is 13.0. The third-order valence-corrected chi connectivity index (χ3v) is 2.51. The molecule has 3 nitrogen and oxygen atoms in total. The van der Waals surface area contributed by atoms with E-state index >= 15 is 0 Å². The average Bonchev–Trinajstić information content (AvgIpc) is 2.29. The standard InChI is InChI=1S/C11H12ClFN2O/c1-2-7(14)3-4-9(16)8-5-6-15-11(13)10(8)12/h2,5-7H,1,3-4,14H2. The lowest BCUT2D eigenvalue weighted by Gasteiger charge is -2.06. The SMILES string of the molecule is C=CC(N)CCC(=O)c1ccnc(F)c1Cl. The molecule has 1 atom stereocenters. The molecule has 5 heteroatoms. The van der Waals surface area contributed by atoms with Crippen LogP contribution in [0.15, 0.2) is 24.9 Å². The summed E-state index contributed by atoms with van der Waals surface area (Å²) in [5, 5.41) is -0.236. The molecule has 0 saturated heterocycles. The monoisotopic (exact) mass is 242 g/mol. The molecule has 1 rings (SSSR count). The predicted octanol–water partition coefficient (Wildman–Crippen LogP) is 2.35. The maximum atomic E-state index is 13.0. The molecular formula is C11H12ClFN2O. The number of halogens is 2. The molecule has 0 amide bonds. The van der Waals surface area contributed by atoms with Crippen LogP contribution in [0, 0.1) is 5.95 Å². The Morgan fingerprint density at radius 1 is 1.75 bits per heavy atom. The summed E-state index contributed by atoms with van der Waals surface area (Å²) in [5.41, 5.74) is 5.72. The lowest BCUT2D eigenvalue weighted by atomic mass is 10.0. The predicted molar refractivity (Wildman–Crippen MR) is 60.9 cm³/mol. The minimum atomic E-state index is -0.833. The fourth-order valence-corrected chi connectivity index (χ4v) is 1.40. The molecule has 0 aliphatic heterocycles. The van der Waals surface area contributed by atoms with Crippen molar-refractivity contribution in [2.45, 2.75) is 18.9 Å². The third kappa shape index (κ3) is 3.12. The van der Waals surface area contributed by atoms with Gasteiger partial charge in [-0.1, -0.05) is 17.7 Å². The van der Waals surface area contributed by atoms with Gasteiger partial charge in [0.25, 0.3) is 0 Å². The van der Waals surface area contributed by atoms with Gasteiger partial charge in [-0.05, 0) is 12.5 Å². The first-order valence-electron chi connectivity index (χ1n) is 4.77. The van der Waals surface area contributed by atoms with E-state index in [2.05, 4.69) is 11.6 Å². The van der Waals surface area contributed by atoms with E-state index in [1.807, 2.05) is 0 Å². The molecule has 16 heavy (non-hydrogen) atoms. The first-order chi connectivity index (χ1) is 7.56. The molecule has 1 unspecified atom stereocenters. The van der Waals surface area contributed by atoms with Crippen molar-refractivity contribution in [3.05, 3.63) is 41.5 Å². The van der Waals surface area contributed by atoms with Crippen LogP contribution in [0.3, 0.4) is 0 Å². The van der Waals surface area contributed by atoms with E-state index < -0.39 is 5.95 Å². The van der Waals surface area contributed by atoms with Crippen molar-refractivity contribution in [3.63, 3.8) is 0 Å². The molecule has 0 fully saturated rings. The second-order valence-electron chi connectivity index (χ2n) is 3.32. The Kier molecular flexibility index (Phi) is 4.58. The van der Waals surface area contributed by atoms with E-state index in [9.17, 15) is 9.18 Å².